The lowest BCUT2D eigenvalue weighted by molar-refractivity contribution is -0.870. The zero-order valence-electron chi connectivity index (χ0n) is 45.4. The molecule has 0 heterocycles. The summed E-state index contributed by atoms with van der Waals surface area (Å²) in [6.45, 7) is 4.41. The Bertz CT molecular complexity index is 1550. The number of aliphatic hydroxyl groups is 1. The lowest BCUT2D eigenvalue weighted by atomic mass is 10.0. The minimum atomic E-state index is -4.61. The first kappa shape index (κ1) is 66.9. The van der Waals surface area contributed by atoms with Gasteiger partial charge < -0.3 is 28.8 Å². The summed E-state index contributed by atoms with van der Waals surface area (Å²) < 4.78 is 23.2. The third-order valence-electron chi connectivity index (χ3n) is 11.6. The standard InChI is InChI=1S/C61H105N2O6P/c1-6-8-10-12-14-16-18-19-20-21-22-23-24-25-26-27-28-29-30-31-32-33-34-35-36-37-38-39-40-41-42-43-45-47-49-51-53-55-61(65)62-59(58-69-70(66,67)68-57-56-63(3,4)5)60(64)54-52-50-48-46-44-17-15-13-11-9-7-2/h8,10-11,13-14,16,19-20,22-23,25-26,28-29,31-32,44,46,52,54,59-60,64H,6-7,9,12,15,17-18,21,24,27,30,33-43,45,47-51,53,55-58H2,1-5H3,(H-,62,65,66,67)/b10-8-,13-11+,16-14-,20-19-,23-22-,26-25-,29-28-,32-31-,46-44+,54-52+. The van der Waals surface area contributed by atoms with E-state index in [0.717, 1.165) is 103 Å². The van der Waals surface area contributed by atoms with E-state index in [4.69, 9.17) is 9.05 Å². The zero-order valence-corrected chi connectivity index (χ0v) is 46.3. The van der Waals surface area contributed by atoms with Crippen LogP contribution in [-0.2, 0) is 18.4 Å². The number of phosphoric ester groups is 1. The molecule has 0 aromatic rings. The van der Waals surface area contributed by atoms with Crippen LogP contribution in [0.3, 0.4) is 0 Å². The van der Waals surface area contributed by atoms with Crippen molar-refractivity contribution < 1.29 is 32.9 Å². The molecule has 0 aliphatic carbocycles. The van der Waals surface area contributed by atoms with Crippen molar-refractivity contribution in [3.8, 4) is 0 Å². The Kier molecular flexibility index (Phi) is 48.6. The summed E-state index contributed by atoms with van der Waals surface area (Å²) in [5.41, 5.74) is 0. The highest BCUT2D eigenvalue weighted by molar-refractivity contribution is 7.45. The van der Waals surface area contributed by atoms with E-state index in [1.807, 2.05) is 27.2 Å². The highest BCUT2D eigenvalue weighted by atomic mass is 31.2. The molecule has 0 spiro atoms. The number of likely N-dealkylation sites (N-methyl/N-ethyl adjacent to an activating group) is 1. The fourth-order valence-electron chi connectivity index (χ4n) is 7.29. The number of rotatable bonds is 49. The van der Waals surface area contributed by atoms with E-state index in [0.29, 0.717) is 17.4 Å². The normalized spacial score (nSPS) is 14.9. The number of carbonyl (C=O) groups excluding carboxylic acids is 1. The molecule has 0 fully saturated rings. The second kappa shape index (κ2) is 50.8. The van der Waals surface area contributed by atoms with Gasteiger partial charge >= 0.3 is 0 Å². The maximum absolute atomic E-state index is 12.9. The number of aliphatic hydroxyl groups excluding tert-OH is 1. The minimum absolute atomic E-state index is 0.0139. The number of allylic oxidation sites excluding steroid dienone is 19. The number of unbranched alkanes of at least 4 members (excludes halogenated alkanes) is 18. The van der Waals surface area contributed by atoms with E-state index in [1.54, 1.807) is 6.08 Å². The Morgan fingerprint density at radius 2 is 0.886 bits per heavy atom. The summed E-state index contributed by atoms with van der Waals surface area (Å²) in [4.78, 5) is 25.4. The van der Waals surface area contributed by atoms with E-state index in [2.05, 4.69) is 129 Å². The third-order valence-corrected chi connectivity index (χ3v) is 12.6. The predicted octanol–water partition coefficient (Wildman–Crippen LogP) is 16.3. The van der Waals surface area contributed by atoms with Gasteiger partial charge in [0.05, 0.1) is 39.9 Å². The van der Waals surface area contributed by atoms with Gasteiger partial charge in [-0.2, -0.15) is 0 Å². The molecule has 0 aromatic carbocycles. The number of nitrogens with one attached hydrogen (secondary N) is 1. The Labute approximate surface area is 431 Å². The first-order valence-electron chi connectivity index (χ1n) is 27.9. The highest BCUT2D eigenvalue weighted by Crippen LogP contribution is 2.38. The van der Waals surface area contributed by atoms with Gasteiger partial charge in [-0.05, 0) is 96.3 Å². The number of quaternary nitrogens is 1. The van der Waals surface area contributed by atoms with Crippen LogP contribution in [0.15, 0.2) is 122 Å². The van der Waals surface area contributed by atoms with E-state index >= 15 is 0 Å². The first-order chi connectivity index (χ1) is 34.0. The molecular weight excluding hydrogens is 888 g/mol. The summed E-state index contributed by atoms with van der Waals surface area (Å²) in [5.74, 6) is -0.218. The molecule has 400 valence electrons. The minimum Gasteiger partial charge on any atom is -0.756 e. The first-order valence-corrected chi connectivity index (χ1v) is 29.4. The molecule has 3 atom stereocenters. The van der Waals surface area contributed by atoms with Crippen molar-refractivity contribution in [1.82, 2.24) is 5.32 Å². The Balaban J connectivity index is 4.03. The van der Waals surface area contributed by atoms with Crippen molar-refractivity contribution >= 4 is 13.7 Å². The lowest BCUT2D eigenvalue weighted by Crippen LogP contribution is -2.45. The van der Waals surface area contributed by atoms with Crippen molar-refractivity contribution in [2.45, 2.75) is 219 Å². The highest BCUT2D eigenvalue weighted by Gasteiger charge is 2.23. The Morgan fingerprint density at radius 3 is 1.31 bits per heavy atom. The molecule has 0 saturated heterocycles. The van der Waals surface area contributed by atoms with Crippen LogP contribution in [0.5, 0.6) is 0 Å². The molecule has 0 aliphatic heterocycles. The van der Waals surface area contributed by atoms with Crippen molar-refractivity contribution in [1.29, 1.82) is 0 Å². The number of hydrogen-bond donors (Lipinski definition) is 2. The van der Waals surface area contributed by atoms with E-state index in [-0.39, 0.29) is 12.5 Å². The van der Waals surface area contributed by atoms with Gasteiger partial charge in [-0.25, -0.2) is 0 Å². The van der Waals surface area contributed by atoms with Crippen LogP contribution in [0, 0.1) is 0 Å². The topological polar surface area (TPSA) is 108 Å². The zero-order chi connectivity index (χ0) is 51.3. The van der Waals surface area contributed by atoms with E-state index in [1.165, 1.54) is 83.5 Å². The van der Waals surface area contributed by atoms with Crippen molar-refractivity contribution in [3.63, 3.8) is 0 Å². The predicted molar refractivity (Wildman–Crippen MR) is 302 cm³/mol. The van der Waals surface area contributed by atoms with Crippen LogP contribution < -0.4 is 10.2 Å². The number of hydrogen-bond acceptors (Lipinski definition) is 6. The van der Waals surface area contributed by atoms with Gasteiger partial charge in [0.2, 0.25) is 5.91 Å². The molecule has 0 saturated carbocycles. The molecule has 0 aromatic heterocycles. The van der Waals surface area contributed by atoms with Gasteiger partial charge in [-0.1, -0.05) is 225 Å². The number of nitrogens with zero attached hydrogens (tertiary/aromatic N) is 1. The average molecular weight is 993 g/mol. The molecule has 0 aliphatic rings. The third kappa shape index (κ3) is 52.7. The van der Waals surface area contributed by atoms with Gasteiger partial charge in [-0.15, -0.1) is 0 Å². The van der Waals surface area contributed by atoms with E-state index < -0.39 is 26.6 Å². The molecule has 9 heteroatoms. The molecule has 0 bridgehead atoms. The maximum atomic E-state index is 12.9. The average Bonchev–Trinajstić information content (AvgIpc) is 3.32. The van der Waals surface area contributed by atoms with E-state index in [9.17, 15) is 19.4 Å². The SMILES string of the molecule is CC/C=C\C/C=C\C/C=C\C/C=C\C/C=C\C/C=C\C/C=C\CCCCCCCCCCCCCCCCCC(=O)NC(COP(=O)([O-])OCC[N+](C)(C)C)C(O)/C=C/CC/C=C/CC/C=C/CCC. The van der Waals surface area contributed by atoms with Crippen LogP contribution in [0.25, 0.3) is 0 Å². The van der Waals surface area contributed by atoms with Gasteiger partial charge in [0.1, 0.15) is 13.2 Å². The Morgan fingerprint density at radius 1 is 0.514 bits per heavy atom. The second-order valence-corrected chi connectivity index (χ2v) is 20.9. The molecule has 0 rings (SSSR count). The summed E-state index contributed by atoms with van der Waals surface area (Å²) in [5, 5.41) is 13.8. The van der Waals surface area contributed by atoms with Crippen LogP contribution in [0.4, 0.5) is 0 Å². The lowest BCUT2D eigenvalue weighted by Gasteiger charge is -2.29. The van der Waals surface area contributed by atoms with Crippen LogP contribution in [-0.4, -0.2) is 68.5 Å². The van der Waals surface area contributed by atoms with Gasteiger partial charge in [0.15, 0.2) is 0 Å². The monoisotopic (exact) mass is 993 g/mol. The van der Waals surface area contributed by atoms with Crippen LogP contribution in [0.1, 0.15) is 206 Å². The number of amides is 1. The molecular formula is C61H105N2O6P. The fraction of sp³-hybridized carbons (Fsp3) is 0.656. The summed E-state index contributed by atoms with van der Waals surface area (Å²) >= 11 is 0. The smallest absolute Gasteiger partial charge is 0.268 e. The molecule has 1 amide bonds. The molecule has 0 radical (unpaired) electrons. The fourth-order valence-corrected chi connectivity index (χ4v) is 8.01. The molecule has 70 heavy (non-hydrogen) atoms. The molecule has 8 nitrogen and oxygen atoms in total. The largest absolute Gasteiger partial charge is 0.756 e. The molecule has 2 N–H and O–H groups in total. The quantitative estimate of drug-likeness (QED) is 0.0272. The summed E-state index contributed by atoms with van der Waals surface area (Å²) in [6.07, 6.45) is 75.8. The van der Waals surface area contributed by atoms with Crippen LogP contribution in [0.2, 0.25) is 0 Å². The van der Waals surface area contributed by atoms with Gasteiger partial charge in [-0.3, -0.25) is 9.36 Å². The second-order valence-electron chi connectivity index (χ2n) is 19.5. The van der Waals surface area contributed by atoms with Gasteiger partial charge in [0.25, 0.3) is 7.82 Å². The van der Waals surface area contributed by atoms with Crippen LogP contribution >= 0.6 is 7.82 Å². The van der Waals surface area contributed by atoms with Crippen molar-refractivity contribution in [3.05, 3.63) is 122 Å². The summed E-state index contributed by atoms with van der Waals surface area (Å²) in [7, 11) is 1.22. The van der Waals surface area contributed by atoms with Gasteiger partial charge in [0, 0.05) is 6.42 Å². The number of phosphoric acid groups is 1. The molecule has 3 unspecified atom stereocenters. The number of carbonyl (C=O) groups is 1. The van der Waals surface area contributed by atoms with Crippen molar-refractivity contribution in [2.24, 2.45) is 0 Å². The maximum Gasteiger partial charge on any atom is 0.268 e. The van der Waals surface area contributed by atoms with Crippen molar-refractivity contribution in [2.75, 3.05) is 40.9 Å². The Hall–Kier alpha value is -3.10. The summed E-state index contributed by atoms with van der Waals surface area (Å²) in [6, 6.07) is -0.915.